The molecule has 2 amide bonds. The van der Waals surface area contributed by atoms with Crippen LogP contribution in [0, 0.1) is 0 Å². The number of rotatable bonds is 5. The van der Waals surface area contributed by atoms with Crippen LogP contribution in [0.25, 0.3) is 17.2 Å². The minimum Gasteiger partial charge on any atom is -0.383 e. The lowest BCUT2D eigenvalue weighted by Crippen LogP contribution is -2.30. The number of benzene rings is 2. The van der Waals surface area contributed by atoms with Gasteiger partial charge in [-0.05, 0) is 42.3 Å². The topological polar surface area (TPSA) is 190 Å². The Morgan fingerprint density at radius 3 is 2.03 bits per heavy atom. The van der Waals surface area contributed by atoms with E-state index in [1.807, 2.05) is 18.2 Å². The number of imide groups is 1. The van der Waals surface area contributed by atoms with Crippen LogP contribution >= 0.6 is 11.6 Å². The van der Waals surface area contributed by atoms with Gasteiger partial charge in [0.25, 0.3) is 11.8 Å². The predicted molar refractivity (Wildman–Crippen MR) is 131 cm³/mol. The second kappa shape index (κ2) is 10.6. The van der Waals surface area contributed by atoms with Crippen molar-refractivity contribution in [2.24, 2.45) is 0 Å². The molecule has 0 radical (unpaired) electrons. The molecule has 11 nitrogen and oxygen atoms in total. The van der Waals surface area contributed by atoms with Gasteiger partial charge in [0.15, 0.2) is 0 Å². The van der Waals surface area contributed by atoms with Crippen molar-refractivity contribution in [3.05, 3.63) is 76.5 Å². The van der Waals surface area contributed by atoms with E-state index in [2.05, 4.69) is 9.97 Å². The highest BCUT2D eigenvalue weighted by atomic mass is 35.5. The molecule has 1 aliphatic rings. The summed E-state index contributed by atoms with van der Waals surface area (Å²) in [6, 6.07) is 14.0. The Morgan fingerprint density at radius 1 is 0.943 bits per heavy atom. The van der Waals surface area contributed by atoms with E-state index in [4.69, 9.17) is 40.6 Å². The van der Waals surface area contributed by atoms with E-state index in [0.29, 0.717) is 33.8 Å². The van der Waals surface area contributed by atoms with Crippen LogP contribution in [-0.2, 0) is 10.4 Å². The highest BCUT2D eigenvalue weighted by Crippen LogP contribution is 2.30. The molecule has 0 aliphatic carbocycles. The molecule has 0 bridgehead atoms. The Balaban J connectivity index is 0.000000623. The number of aromatic nitrogens is 2. The smallest absolute Gasteiger partial charge is 0.383 e. The maximum Gasteiger partial charge on any atom is 0.394 e. The van der Waals surface area contributed by atoms with E-state index in [1.54, 1.807) is 42.5 Å². The summed E-state index contributed by atoms with van der Waals surface area (Å²) in [6.07, 6.45) is 4.04. The van der Waals surface area contributed by atoms with E-state index in [0.717, 1.165) is 5.56 Å². The lowest BCUT2D eigenvalue weighted by Gasteiger charge is -2.12. The van der Waals surface area contributed by atoms with Gasteiger partial charge in [-0.1, -0.05) is 41.9 Å². The van der Waals surface area contributed by atoms with Crippen LogP contribution in [0.3, 0.4) is 0 Å². The Morgan fingerprint density at radius 2 is 1.49 bits per heavy atom. The van der Waals surface area contributed by atoms with E-state index in [1.165, 1.54) is 4.90 Å². The standard InChI is InChI=1S/C22H18ClN5O2.H2O4S/c23-14-10-8-13(9-11-14)18-17(26-22(25)27-19(18)24)7-3-4-12-28-20(29)15-5-1-2-6-16(15)21(28)30;1-5(2,3)4/h1-3,5-11H,4,12H2,(H4,24,25,26,27);(H2,1,2,3,4)/b7-3+;. The number of anilines is 2. The maximum atomic E-state index is 12.4. The summed E-state index contributed by atoms with van der Waals surface area (Å²) in [4.78, 5) is 34.5. The summed E-state index contributed by atoms with van der Waals surface area (Å²) in [5.41, 5.74) is 14.7. The van der Waals surface area contributed by atoms with Gasteiger partial charge >= 0.3 is 10.4 Å². The van der Waals surface area contributed by atoms with Crippen LogP contribution < -0.4 is 11.5 Å². The van der Waals surface area contributed by atoms with Crippen LogP contribution in [0.1, 0.15) is 32.8 Å². The van der Waals surface area contributed by atoms with Gasteiger partial charge in [-0.2, -0.15) is 13.4 Å². The highest BCUT2D eigenvalue weighted by molar-refractivity contribution is 7.79. The molecule has 6 N–H and O–H groups in total. The summed E-state index contributed by atoms with van der Waals surface area (Å²) < 4.78 is 31.6. The molecule has 2 heterocycles. The molecule has 182 valence electrons. The summed E-state index contributed by atoms with van der Waals surface area (Å²) in [7, 11) is -4.67. The number of hydrogen-bond acceptors (Lipinski definition) is 8. The van der Waals surface area contributed by atoms with Gasteiger partial charge in [0, 0.05) is 17.1 Å². The van der Waals surface area contributed by atoms with Crippen LogP contribution in [0.15, 0.2) is 54.6 Å². The zero-order valence-electron chi connectivity index (χ0n) is 18.0. The average molecular weight is 518 g/mol. The minimum absolute atomic E-state index is 0.0604. The number of hydrogen-bond donors (Lipinski definition) is 4. The van der Waals surface area contributed by atoms with Crippen LogP contribution in [0.2, 0.25) is 5.02 Å². The van der Waals surface area contributed by atoms with E-state index in [9.17, 15) is 9.59 Å². The molecule has 0 saturated carbocycles. The number of fused-ring (bicyclic) bond motifs is 1. The lowest BCUT2D eigenvalue weighted by molar-refractivity contribution is 0.0657. The molecular formula is C22H20ClN5O6S. The number of carbonyl (C=O) groups is 2. The van der Waals surface area contributed by atoms with Crippen molar-refractivity contribution >= 4 is 51.7 Å². The zero-order chi connectivity index (χ0) is 25.8. The summed E-state index contributed by atoms with van der Waals surface area (Å²) >= 11 is 5.97. The van der Waals surface area contributed by atoms with Crippen molar-refractivity contribution in [3.63, 3.8) is 0 Å². The molecule has 1 aromatic heterocycles. The van der Waals surface area contributed by atoms with Gasteiger partial charge in [-0.3, -0.25) is 23.6 Å². The monoisotopic (exact) mass is 517 g/mol. The fourth-order valence-electron chi connectivity index (χ4n) is 3.39. The normalized spacial score (nSPS) is 13.1. The van der Waals surface area contributed by atoms with Crippen molar-refractivity contribution in [3.8, 4) is 11.1 Å². The number of carbonyl (C=O) groups excluding carboxylic acids is 2. The number of nitrogen functional groups attached to an aromatic ring is 2. The quantitative estimate of drug-likeness (QED) is 0.289. The van der Waals surface area contributed by atoms with Crippen molar-refractivity contribution in [2.75, 3.05) is 18.0 Å². The van der Waals surface area contributed by atoms with Gasteiger partial charge in [-0.15, -0.1) is 0 Å². The van der Waals surface area contributed by atoms with Gasteiger partial charge in [-0.25, -0.2) is 4.98 Å². The van der Waals surface area contributed by atoms with Crippen molar-refractivity contribution in [1.29, 1.82) is 0 Å². The van der Waals surface area contributed by atoms with Gasteiger partial charge in [0.05, 0.1) is 16.8 Å². The summed E-state index contributed by atoms with van der Waals surface area (Å²) in [5, 5.41) is 0.603. The lowest BCUT2D eigenvalue weighted by atomic mass is 10.0. The van der Waals surface area contributed by atoms with Gasteiger partial charge in [0.1, 0.15) is 5.82 Å². The molecule has 0 spiro atoms. The molecule has 0 atom stereocenters. The third-order valence-electron chi connectivity index (χ3n) is 4.79. The van der Waals surface area contributed by atoms with Crippen molar-refractivity contribution < 1.29 is 27.1 Å². The SMILES string of the molecule is Nc1nc(N)c(-c2ccc(Cl)cc2)c(/C=C/CCN2C(=O)c3ccccc3C2=O)n1.O=S(=O)(O)O. The number of nitrogens with two attached hydrogens (primary N) is 2. The summed E-state index contributed by atoms with van der Waals surface area (Å²) in [5.74, 6) is -0.238. The molecule has 3 aromatic rings. The molecular weight excluding hydrogens is 498 g/mol. The molecule has 2 aromatic carbocycles. The zero-order valence-corrected chi connectivity index (χ0v) is 19.6. The van der Waals surface area contributed by atoms with Crippen molar-refractivity contribution in [1.82, 2.24) is 14.9 Å². The molecule has 0 fully saturated rings. The minimum atomic E-state index is -4.67. The number of halogens is 1. The Kier molecular flexibility index (Phi) is 7.82. The first kappa shape index (κ1) is 25.8. The van der Waals surface area contributed by atoms with Gasteiger partial charge < -0.3 is 11.5 Å². The fraction of sp³-hybridized carbons (Fsp3) is 0.0909. The first-order valence-electron chi connectivity index (χ1n) is 9.96. The Hall–Kier alpha value is -3.84. The average Bonchev–Trinajstić information content (AvgIpc) is 3.01. The van der Waals surface area contributed by atoms with E-state index < -0.39 is 10.4 Å². The molecule has 0 unspecified atom stereocenters. The molecule has 13 heteroatoms. The second-order valence-corrected chi connectivity index (χ2v) is 8.51. The molecule has 1 aliphatic heterocycles. The molecule has 0 saturated heterocycles. The van der Waals surface area contributed by atoms with Crippen LogP contribution in [0.5, 0.6) is 0 Å². The Bertz CT molecular complexity index is 1370. The number of nitrogens with zero attached hydrogens (tertiary/aromatic N) is 3. The fourth-order valence-corrected chi connectivity index (χ4v) is 3.51. The third kappa shape index (κ3) is 6.61. The Labute approximate surface area is 205 Å². The second-order valence-electron chi connectivity index (χ2n) is 7.18. The van der Waals surface area contributed by atoms with Gasteiger partial charge in [0.2, 0.25) is 5.95 Å². The van der Waals surface area contributed by atoms with E-state index in [-0.39, 0.29) is 30.1 Å². The molecule has 35 heavy (non-hydrogen) atoms. The van der Waals surface area contributed by atoms with Crippen LogP contribution in [-0.4, -0.2) is 50.8 Å². The highest BCUT2D eigenvalue weighted by Gasteiger charge is 2.34. The van der Waals surface area contributed by atoms with Crippen LogP contribution in [0.4, 0.5) is 11.8 Å². The molecule has 4 rings (SSSR count). The summed E-state index contributed by atoms with van der Waals surface area (Å²) in [6.45, 7) is 0.259. The largest absolute Gasteiger partial charge is 0.394 e. The predicted octanol–water partition coefficient (Wildman–Crippen LogP) is 3.01. The third-order valence-corrected chi connectivity index (χ3v) is 5.04. The van der Waals surface area contributed by atoms with Crippen molar-refractivity contribution in [2.45, 2.75) is 6.42 Å². The first-order valence-corrected chi connectivity index (χ1v) is 11.7. The first-order chi connectivity index (χ1) is 16.5. The van der Waals surface area contributed by atoms with E-state index >= 15 is 0 Å². The number of amides is 2. The maximum absolute atomic E-state index is 12.4.